The van der Waals surface area contributed by atoms with Crippen LogP contribution in [0.15, 0.2) is 0 Å². The average Bonchev–Trinajstić information content (AvgIpc) is 2.71. The van der Waals surface area contributed by atoms with E-state index >= 15 is 0 Å². The van der Waals surface area contributed by atoms with Gasteiger partial charge >= 0.3 is 0 Å². The molecule has 102 valence electrons. The molecule has 0 aromatic carbocycles. The van der Waals surface area contributed by atoms with E-state index in [1.165, 1.54) is 0 Å². The molecule has 5 heteroatoms. The molecule has 1 fully saturated rings. The van der Waals surface area contributed by atoms with Crippen LogP contribution >= 0.6 is 11.3 Å². The van der Waals surface area contributed by atoms with E-state index in [1.54, 1.807) is 18.3 Å². The van der Waals surface area contributed by atoms with Gasteiger partial charge in [-0.3, -0.25) is 0 Å². The summed E-state index contributed by atoms with van der Waals surface area (Å²) < 4.78 is 5.70. The lowest BCUT2D eigenvalue weighted by Crippen LogP contribution is -2.48. The Morgan fingerprint density at radius 2 is 2.33 bits per heavy atom. The van der Waals surface area contributed by atoms with E-state index in [-0.39, 0.29) is 6.10 Å². The fourth-order valence-electron chi connectivity index (χ4n) is 2.32. The highest BCUT2D eigenvalue weighted by Gasteiger charge is 2.28. The molecule has 0 saturated carbocycles. The normalized spacial score (nSPS) is 26.4. The highest BCUT2D eigenvalue weighted by Crippen LogP contribution is 2.33. The van der Waals surface area contributed by atoms with E-state index in [9.17, 15) is 5.11 Å². The first-order valence-corrected chi connectivity index (χ1v) is 7.38. The Morgan fingerprint density at radius 1 is 1.61 bits per heavy atom. The molecule has 1 aliphatic heterocycles. The number of rotatable bonds is 3. The van der Waals surface area contributed by atoms with Crippen LogP contribution in [0, 0.1) is 6.92 Å². The number of thiazole rings is 1. The van der Waals surface area contributed by atoms with Gasteiger partial charge in [0.05, 0.1) is 35.4 Å². The standard InChI is InChI=1S/C13H22N2O2S/c1-5-11-7-17-8(2)6-15(11)13-14-9(3)12(18-13)10(4)16/h8,10-11,16H,5-7H2,1-4H3. The lowest BCUT2D eigenvalue weighted by Gasteiger charge is -2.38. The summed E-state index contributed by atoms with van der Waals surface area (Å²) in [5, 5.41) is 10.7. The maximum atomic E-state index is 9.72. The zero-order chi connectivity index (χ0) is 13.3. The molecule has 1 aromatic heterocycles. The van der Waals surface area contributed by atoms with Gasteiger partial charge in [0, 0.05) is 6.54 Å². The van der Waals surface area contributed by atoms with Crippen LogP contribution in [0.25, 0.3) is 0 Å². The fourth-order valence-corrected chi connectivity index (χ4v) is 3.40. The second-order valence-corrected chi connectivity index (χ2v) is 5.99. The zero-order valence-corrected chi connectivity index (χ0v) is 12.3. The molecular weight excluding hydrogens is 248 g/mol. The van der Waals surface area contributed by atoms with Crippen LogP contribution in [0.5, 0.6) is 0 Å². The molecule has 1 aromatic rings. The number of hydrogen-bond donors (Lipinski definition) is 1. The van der Waals surface area contributed by atoms with Crippen molar-refractivity contribution in [3.63, 3.8) is 0 Å². The Kier molecular flexibility index (Phi) is 4.25. The van der Waals surface area contributed by atoms with Crippen LogP contribution in [0.1, 0.15) is 43.9 Å². The van der Waals surface area contributed by atoms with Gasteiger partial charge in [-0.25, -0.2) is 4.98 Å². The summed E-state index contributed by atoms with van der Waals surface area (Å²) in [6.07, 6.45) is 0.858. The molecule has 2 heterocycles. The van der Waals surface area contributed by atoms with E-state index < -0.39 is 6.10 Å². The number of aliphatic hydroxyl groups is 1. The smallest absolute Gasteiger partial charge is 0.186 e. The van der Waals surface area contributed by atoms with Crippen molar-refractivity contribution in [1.82, 2.24) is 4.98 Å². The SMILES string of the molecule is CCC1COC(C)CN1c1nc(C)c(C(C)O)s1. The summed E-state index contributed by atoms with van der Waals surface area (Å²) in [6.45, 7) is 9.67. The summed E-state index contributed by atoms with van der Waals surface area (Å²) in [6, 6.07) is 0.397. The quantitative estimate of drug-likeness (QED) is 0.916. The molecule has 0 aliphatic carbocycles. The van der Waals surface area contributed by atoms with Gasteiger partial charge in [-0.05, 0) is 27.2 Å². The first kappa shape index (κ1) is 13.8. The van der Waals surface area contributed by atoms with E-state index in [4.69, 9.17) is 4.74 Å². The third-order valence-corrected chi connectivity index (χ3v) is 4.75. The minimum Gasteiger partial charge on any atom is -0.388 e. The predicted molar refractivity (Wildman–Crippen MR) is 74.3 cm³/mol. The number of anilines is 1. The third kappa shape index (κ3) is 2.68. The van der Waals surface area contributed by atoms with Gasteiger partial charge in [0.2, 0.25) is 0 Å². The molecule has 3 unspecified atom stereocenters. The van der Waals surface area contributed by atoms with Gasteiger partial charge in [0.15, 0.2) is 5.13 Å². The number of ether oxygens (including phenoxy) is 1. The van der Waals surface area contributed by atoms with Gasteiger partial charge in [-0.15, -0.1) is 0 Å². The van der Waals surface area contributed by atoms with E-state index in [1.807, 2.05) is 6.92 Å². The molecule has 0 bridgehead atoms. The maximum Gasteiger partial charge on any atom is 0.186 e. The summed E-state index contributed by atoms with van der Waals surface area (Å²) >= 11 is 1.60. The third-order valence-electron chi connectivity index (χ3n) is 3.39. The van der Waals surface area contributed by atoms with Crippen molar-refractivity contribution in [1.29, 1.82) is 0 Å². The topological polar surface area (TPSA) is 45.6 Å². The largest absolute Gasteiger partial charge is 0.388 e. The highest BCUT2D eigenvalue weighted by molar-refractivity contribution is 7.15. The Morgan fingerprint density at radius 3 is 2.89 bits per heavy atom. The van der Waals surface area contributed by atoms with Crippen LogP contribution in [0.3, 0.4) is 0 Å². The fraction of sp³-hybridized carbons (Fsp3) is 0.769. The molecule has 1 saturated heterocycles. The lowest BCUT2D eigenvalue weighted by atomic mass is 10.1. The van der Waals surface area contributed by atoms with Crippen LogP contribution < -0.4 is 4.90 Å². The van der Waals surface area contributed by atoms with Crippen molar-refractivity contribution >= 4 is 16.5 Å². The maximum absolute atomic E-state index is 9.72. The predicted octanol–water partition coefficient (Wildman–Crippen LogP) is 2.51. The van der Waals surface area contributed by atoms with Gasteiger partial charge in [-0.2, -0.15) is 0 Å². The Balaban J connectivity index is 2.25. The van der Waals surface area contributed by atoms with E-state index in [0.717, 1.165) is 35.3 Å². The number of aromatic nitrogens is 1. The van der Waals surface area contributed by atoms with Gasteiger partial charge < -0.3 is 14.7 Å². The molecule has 1 N–H and O–H groups in total. The van der Waals surface area contributed by atoms with Gasteiger partial charge in [0.1, 0.15) is 0 Å². The Hall–Kier alpha value is -0.650. The number of hydrogen-bond acceptors (Lipinski definition) is 5. The zero-order valence-electron chi connectivity index (χ0n) is 11.5. The van der Waals surface area contributed by atoms with Crippen LogP contribution in [-0.2, 0) is 4.74 Å². The molecule has 2 rings (SSSR count). The van der Waals surface area contributed by atoms with Crippen molar-refractivity contribution in [2.24, 2.45) is 0 Å². The molecule has 1 aliphatic rings. The summed E-state index contributed by atoms with van der Waals surface area (Å²) in [7, 11) is 0. The molecule has 0 radical (unpaired) electrons. The molecular formula is C13H22N2O2S. The number of morpholine rings is 1. The van der Waals surface area contributed by atoms with Crippen molar-refractivity contribution < 1.29 is 9.84 Å². The van der Waals surface area contributed by atoms with Crippen LogP contribution in [0.2, 0.25) is 0 Å². The van der Waals surface area contributed by atoms with Crippen molar-refractivity contribution in [2.75, 3.05) is 18.1 Å². The second kappa shape index (κ2) is 5.55. The van der Waals surface area contributed by atoms with Crippen molar-refractivity contribution in [3.05, 3.63) is 10.6 Å². The van der Waals surface area contributed by atoms with Crippen LogP contribution in [0.4, 0.5) is 5.13 Å². The summed E-state index contributed by atoms with van der Waals surface area (Å²) in [5.74, 6) is 0. The first-order chi connectivity index (χ1) is 8.52. The molecule has 18 heavy (non-hydrogen) atoms. The Bertz CT molecular complexity index is 406. The van der Waals surface area contributed by atoms with Gasteiger partial charge in [0.25, 0.3) is 0 Å². The number of aryl methyl sites for hydroxylation is 1. The summed E-state index contributed by atoms with van der Waals surface area (Å²) in [4.78, 5) is 7.92. The Labute approximate surface area is 113 Å². The molecule has 4 nitrogen and oxygen atoms in total. The summed E-state index contributed by atoms with van der Waals surface area (Å²) in [5.41, 5.74) is 0.944. The molecule has 0 amide bonds. The van der Waals surface area contributed by atoms with Crippen LogP contribution in [-0.4, -0.2) is 35.4 Å². The van der Waals surface area contributed by atoms with E-state index in [2.05, 4.69) is 23.7 Å². The minimum absolute atomic E-state index is 0.243. The average molecular weight is 270 g/mol. The number of nitrogens with zero attached hydrogens (tertiary/aromatic N) is 2. The van der Waals surface area contributed by atoms with Gasteiger partial charge in [-0.1, -0.05) is 18.3 Å². The number of aliphatic hydroxyl groups excluding tert-OH is 1. The van der Waals surface area contributed by atoms with E-state index in [0.29, 0.717) is 6.04 Å². The highest BCUT2D eigenvalue weighted by atomic mass is 32.1. The minimum atomic E-state index is -0.435. The van der Waals surface area contributed by atoms with Crippen molar-refractivity contribution in [3.8, 4) is 0 Å². The first-order valence-electron chi connectivity index (χ1n) is 6.56. The monoisotopic (exact) mass is 270 g/mol. The molecule has 3 atom stereocenters. The lowest BCUT2D eigenvalue weighted by molar-refractivity contribution is 0.0299. The van der Waals surface area contributed by atoms with Crippen molar-refractivity contribution in [2.45, 2.75) is 52.4 Å². The second-order valence-electron chi connectivity index (χ2n) is 4.98. The molecule has 0 spiro atoms.